The van der Waals surface area contributed by atoms with Gasteiger partial charge in [-0.2, -0.15) is 0 Å². The van der Waals surface area contributed by atoms with Crippen molar-refractivity contribution in [3.63, 3.8) is 0 Å². The van der Waals surface area contributed by atoms with Crippen LogP contribution >= 0.6 is 11.6 Å². The molecule has 5 nitrogen and oxygen atoms in total. The van der Waals surface area contributed by atoms with Crippen LogP contribution in [0.25, 0.3) is 0 Å². The number of carbonyl (C=O) groups is 2. The van der Waals surface area contributed by atoms with Crippen LogP contribution in [0.3, 0.4) is 0 Å². The fourth-order valence-corrected chi connectivity index (χ4v) is 1.58. The van der Waals surface area contributed by atoms with E-state index < -0.39 is 0 Å². The maximum absolute atomic E-state index is 11.3. The van der Waals surface area contributed by atoms with E-state index in [1.807, 2.05) is 0 Å². The van der Waals surface area contributed by atoms with Gasteiger partial charge in [0.1, 0.15) is 5.88 Å². The molecule has 1 aliphatic rings. The average Bonchev–Trinajstić information content (AvgIpc) is 2.25. The van der Waals surface area contributed by atoms with Crippen molar-refractivity contribution in [1.29, 1.82) is 0 Å². The molecule has 1 fully saturated rings. The van der Waals surface area contributed by atoms with Crippen LogP contribution in [0.15, 0.2) is 0 Å². The van der Waals surface area contributed by atoms with E-state index in [2.05, 4.69) is 5.32 Å². The summed E-state index contributed by atoms with van der Waals surface area (Å²) in [6.07, 6.45) is -0.130. The number of nitrogens with one attached hydrogen (secondary N) is 1. The minimum atomic E-state index is -0.130. The molecule has 2 amide bonds. The van der Waals surface area contributed by atoms with Gasteiger partial charge in [-0.3, -0.25) is 9.59 Å². The number of hydrogen-bond donors (Lipinski definition) is 1. The van der Waals surface area contributed by atoms with Crippen LogP contribution in [0.2, 0.25) is 0 Å². The number of alkyl halides is 1. The lowest BCUT2D eigenvalue weighted by atomic mass is 10.2. The Balaban J connectivity index is 2.35. The van der Waals surface area contributed by atoms with Crippen molar-refractivity contribution in [3.8, 4) is 0 Å². The zero-order valence-electron chi connectivity index (χ0n) is 8.66. The van der Waals surface area contributed by atoms with Crippen molar-refractivity contribution in [2.75, 3.05) is 32.1 Å². The smallest absolute Gasteiger partial charge is 0.237 e. The Morgan fingerprint density at radius 3 is 2.93 bits per heavy atom. The van der Waals surface area contributed by atoms with Crippen molar-refractivity contribution in [2.24, 2.45) is 0 Å². The van der Waals surface area contributed by atoms with Gasteiger partial charge in [0.05, 0.1) is 12.7 Å². The molecule has 1 aliphatic heterocycles. The predicted octanol–water partition coefficient (Wildman–Crippen LogP) is -0.411. The summed E-state index contributed by atoms with van der Waals surface area (Å²) < 4.78 is 5.40. The number of hydrogen-bond acceptors (Lipinski definition) is 3. The second-order valence-electron chi connectivity index (χ2n) is 3.40. The number of morpholine rings is 1. The summed E-state index contributed by atoms with van der Waals surface area (Å²) >= 11 is 5.46. The third-order valence-electron chi connectivity index (χ3n) is 2.18. The monoisotopic (exact) mass is 234 g/mol. The fourth-order valence-electron chi connectivity index (χ4n) is 1.41. The van der Waals surface area contributed by atoms with Gasteiger partial charge in [0.25, 0.3) is 0 Å². The van der Waals surface area contributed by atoms with E-state index in [-0.39, 0.29) is 23.8 Å². The third kappa shape index (κ3) is 4.05. The molecular weight excluding hydrogens is 220 g/mol. The van der Waals surface area contributed by atoms with Crippen LogP contribution < -0.4 is 5.32 Å². The SMILES string of the molecule is CC(=O)NCC1CN(C(=O)CCl)CCO1. The summed E-state index contributed by atoms with van der Waals surface area (Å²) in [5.41, 5.74) is 0. The first-order valence-electron chi connectivity index (χ1n) is 4.83. The molecule has 1 atom stereocenters. The molecule has 0 aliphatic carbocycles. The van der Waals surface area contributed by atoms with Crippen LogP contribution in [0.1, 0.15) is 6.92 Å². The van der Waals surface area contributed by atoms with Crippen molar-refractivity contribution >= 4 is 23.4 Å². The van der Waals surface area contributed by atoms with Gasteiger partial charge in [-0.25, -0.2) is 0 Å². The van der Waals surface area contributed by atoms with Crippen LogP contribution in [0.4, 0.5) is 0 Å². The van der Waals surface area contributed by atoms with Gasteiger partial charge in [-0.15, -0.1) is 11.6 Å². The third-order valence-corrected chi connectivity index (χ3v) is 2.41. The number of halogens is 1. The summed E-state index contributed by atoms with van der Waals surface area (Å²) in [4.78, 5) is 23.6. The maximum Gasteiger partial charge on any atom is 0.237 e. The van der Waals surface area contributed by atoms with Crippen molar-refractivity contribution in [3.05, 3.63) is 0 Å². The van der Waals surface area contributed by atoms with Gasteiger partial charge in [0.15, 0.2) is 0 Å². The fraction of sp³-hybridized carbons (Fsp3) is 0.778. The minimum Gasteiger partial charge on any atom is -0.373 e. The molecule has 1 N–H and O–H groups in total. The summed E-state index contributed by atoms with van der Waals surface area (Å²) in [6.45, 7) is 3.44. The first-order valence-corrected chi connectivity index (χ1v) is 5.36. The first-order chi connectivity index (χ1) is 7.13. The molecule has 0 aromatic rings. The van der Waals surface area contributed by atoms with Crippen LogP contribution in [-0.2, 0) is 14.3 Å². The number of amides is 2. The van der Waals surface area contributed by atoms with E-state index >= 15 is 0 Å². The molecule has 0 spiro atoms. The van der Waals surface area contributed by atoms with Crippen LogP contribution in [0.5, 0.6) is 0 Å². The van der Waals surface area contributed by atoms with Crippen molar-refractivity contribution < 1.29 is 14.3 Å². The first kappa shape index (κ1) is 12.3. The highest BCUT2D eigenvalue weighted by Gasteiger charge is 2.23. The Bertz CT molecular complexity index is 248. The highest BCUT2D eigenvalue weighted by molar-refractivity contribution is 6.27. The van der Waals surface area contributed by atoms with E-state index in [9.17, 15) is 9.59 Å². The van der Waals surface area contributed by atoms with Crippen molar-refractivity contribution in [1.82, 2.24) is 10.2 Å². The highest BCUT2D eigenvalue weighted by Crippen LogP contribution is 2.05. The summed E-state index contributed by atoms with van der Waals surface area (Å²) in [6, 6.07) is 0. The van der Waals surface area contributed by atoms with Crippen LogP contribution in [-0.4, -0.2) is 54.9 Å². The second kappa shape index (κ2) is 5.92. The number of ether oxygens (including phenoxy) is 1. The number of carbonyl (C=O) groups excluding carboxylic acids is 2. The zero-order valence-corrected chi connectivity index (χ0v) is 9.42. The van der Waals surface area contributed by atoms with Gasteiger partial charge in [0, 0.05) is 26.6 Å². The molecule has 0 aromatic heterocycles. The summed E-state index contributed by atoms with van der Waals surface area (Å²) in [7, 11) is 0. The largest absolute Gasteiger partial charge is 0.373 e. The van der Waals surface area contributed by atoms with Gasteiger partial charge in [-0.05, 0) is 0 Å². The Kier molecular flexibility index (Phi) is 4.84. The van der Waals surface area contributed by atoms with Crippen LogP contribution in [0, 0.1) is 0 Å². The molecular formula is C9H15ClN2O3. The molecule has 1 heterocycles. The van der Waals surface area contributed by atoms with E-state index in [1.165, 1.54) is 6.92 Å². The van der Waals surface area contributed by atoms with Gasteiger partial charge in [0.2, 0.25) is 11.8 Å². The molecule has 0 saturated carbocycles. The number of nitrogens with zero attached hydrogens (tertiary/aromatic N) is 1. The van der Waals surface area contributed by atoms with E-state index in [0.717, 1.165) is 0 Å². The lowest BCUT2D eigenvalue weighted by molar-refractivity contribution is -0.136. The minimum absolute atomic E-state index is 0.00709. The Morgan fingerprint density at radius 2 is 2.33 bits per heavy atom. The van der Waals surface area contributed by atoms with E-state index in [4.69, 9.17) is 16.3 Å². The molecule has 0 radical (unpaired) electrons. The Morgan fingerprint density at radius 1 is 1.60 bits per heavy atom. The lowest BCUT2D eigenvalue weighted by Gasteiger charge is -2.32. The lowest BCUT2D eigenvalue weighted by Crippen LogP contribution is -2.49. The van der Waals surface area contributed by atoms with Gasteiger partial charge >= 0.3 is 0 Å². The van der Waals surface area contributed by atoms with Gasteiger partial charge in [-0.1, -0.05) is 0 Å². The highest BCUT2D eigenvalue weighted by atomic mass is 35.5. The maximum atomic E-state index is 11.3. The molecule has 15 heavy (non-hydrogen) atoms. The van der Waals surface area contributed by atoms with E-state index in [1.54, 1.807) is 4.90 Å². The predicted molar refractivity (Wildman–Crippen MR) is 55.7 cm³/mol. The molecule has 6 heteroatoms. The molecule has 86 valence electrons. The quantitative estimate of drug-likeness (QED) is 0.676. The molecule has 1 unspecified atom stereocenters. The Labute approximate surface area is 93.7 Å². The van der Waals surface area contributed by atoms with Gasteiger partial charge < -0.3 is 15.0 Å². The summed E-state index contributed by atoms with van der Waals surface area (Å²) in [5, 5.41) is 2.66. The van der Waals surface area contributed by atoms with Crippen molar-refractivity contribution in [2.45, 2.75) is 13.0 Å². The average molecular weight is 235 g/mol. The normalized spacial score (nSPS) is 21.2. The Hall–Kier alpha value is -0.810. The number of rotatable bonds is 3. The molecule has 0 bridgehead atoms. The summed E-state index contributed by atoms with van der Waals surface area (Å²) in [5.74, 6) is -0.195. The molecule has 1 saturated heterocycles. The topological polar surface area (TPSA) is 58.6 Å². The zero-order chi connectivity index (χ0) is 11.3. The van der Waals surface area contributed by atoms with E-state index in [0.29, 0.717) is 26.2 Å². The molecule has 0 aromatic carbocycles. The second-order valence-corrected chi connectivity index (χ2v) is 3.67. The molecule has 1 rings (SSSR count). The standard InChI is InChI=1S/C9H15ClN2O3/c1-7(13)11-5-8-6-12(2-3-15-8)9(14)4-10/h8H,2-6H2,1H3,(H,11,13).